The third-order valence-corrected chi connectivity index (χ3v) is 10.9. The molecule has 2 aliphatic heterocycles. The average Bonchev–Trinajstić information content (AvgIpc) is 3.63. The third-order valence-electron chi connectivity index (χ3n) is 10.9. The second-order valence-corrected chi connectivity index (χ2v) is 14.7. The van der Waals surface area contributed by atoms with Gasteiger partial charge in [-0.3, -0.25) is 9.69 Å². The highest BCUT2D eigenvalue weighted by atomic mass is 16.2. The number of carbonyl (C=O) groups excluding carboxylic acids is 2. The van der Waals surface area contributed by atoms with Gasteiger partial charge in [-0.1, -0.05) is 115 Å². The molecule has 0 radical (unpaired) electrons. The number of nitrogens with zero attached hydrogens (tertiary/aromatic N) is 4. The molecule has 54 heavy (non-hydrogen) atoms. The van der Waals surface area contributed by atoms with Crippen molar-refractivity contribution >= 4 is 34.2 Å². The van der Waals surface area contributed by atoms with Gasteiger partial charge in [0.1, 0.15) is 6.04 Å². The maximum absolute atomic E-state index is 15.1. The van der Waals surface area contributed by atoms with Gasteiger partial charge in [0.25, 0.3) is 0 Å². The zero-order chi connectivity index (χ0) is 36.7. The molecular formula is C46H48N6O2. The lowest BCUT2D eigenvalue weighted by atomic mass is 9.90. The first-order chi connectivity index (χ1) is 26.6. The molecule has 6 aromatic rings. The van der Waals surface area contributed by atoms with Gasteiger partial charge in [-0.25, -0.2) is 4.79 Å². The Balaban J connectivity index is 1.04. The Bertz CT molecular complexity index is 2100. The Morgan fingerprint density at radius 2 is 1.33 bits per heavy atom. The molecule has 274 valence electrons. The fraction of sp³-hybridized carbons (Fsp3) is 0.261. The SMILES string of the molecule is O=C(N[C@H](Cc1c[nH]c2ccccc12)C(=O)N1C[C@@H](CN(Cc2ccccc2)Cc2ccccc2)Cc2ccccc21)N1CCN(c2ccccc2)CC1. The van der Waals surface area contributed by atoms with E-state index in [0.29, 0.717) is 26.1 Å². The number of nitrogens with one attached hydrogen (secondary N) is 2. The highest BCUT2D eigenvalue weighted by Crippen LogP contribution is 2.32. The third kappa shape index (κ3) is 8.19. The number of para-hydroxylation sites is 3. The van der Waals surface area contributed by atoms with Crippen LogP contribution >= 0.6 is 0 Å². The molecule has 3 amide bonds. The van der Waals surface area contributed by atoms with Crippen molar-refractivity contribution in [1.82, 2.24) is 20.1 Å². The van der Waals surface area contributed by atoms with Crippen molar-refractivity contribution in [2.45, 2.75) is 32.0 Å². The molecule has 1 saturated heterocycles. The van der Waals surface area contributed by atoms with E-state index in [2.05, 4.69) is 117 Å². The van der Waals surface area contributed by atoms with Gasteiger partial charge >= 0.3 is 6.03 Å². The lowest BCUT2D eigenvalue weighted by Gasteiger charge is -2.39. The zero-order valence-corrected chi connectivity index (χ0v) is 30.7. The first kappa shape index (κ1) is 35.2. The summed E-state index contributed by atoms with van der Waals surface area (Å²) >= 11 is 0. The minimum atomic E-state index is -0.750. The molecule has 3 heterocycles. The van der Waals surface area contributed by atoms with Crippen molar-refractivity contribution in [3.05, 3.63) is 168 Å². The van der Waals surface area contributed by atoms with Crippen molar-refractivity contribution in [1.29, 1.82) is 0 Å². The maximum Gasteiger partial charge on any atom is 0.318 e. The Morgan fingerprint density at radius 1 is 0.722 bits per heavy atom. The summed E-state index contributed by atoms with van der Waals surface area (Å²) in [5.41, 5.74) is 7.82. The van der Waals surface area contributed by atoms with E-state index < -0.39 is 6.04 Å². The number of aromatic amines is 1. The van der Waals surface area contributed by atoms with E-state index in [1.54, 1.807) is 0 Å². The van der Waals surface area contributed by atoms with Gasteiger partial charge in [-0.05, 0) is 58.9 Å². The van der Waals surface area contributed by atoms with Crippen LogP contribution in [-0.4, -0.2) is 72.0 Å². The highest BCUT2D eigenvalue weighted by Gasteiger charge is 2.35. The number of fused-ring (bicyclic) bond motifs is 2. The van der Waals surface area contributed by atoms with E-state index in [1.165, 1.54) is 11.1 Å². The van der Waals surface area contributed by atoms with Gasteiger partial charge in [-0.15, -0.1) is 0 Å². The Labute approximate surface area is 318 Å². The smallest absolute Gasteiger partial charge is 0.318 e. The van der Waals surface area contributed by atoms with Gasteiger partial charge in [0, 0.05) is 87.3 Å². The number of urea groups is 1. The number of aromatic nitrogens is 1. The van der Waals surface area contributed by atoms with Crippen LogP contribution in [0.25, 0.3) is 10.9 Å². The Morgan fingerprint density at radius 3 is 2.04 bits per heavy atom. The molecule has 0 spiro atoms. The minimum Gasteiger partial charge on any atom is -0.368 e. The van der Waals surface area contributed by atoms with Crippen molar-refractivity contribution in [2.24, 2.45) is 5.92 Å². The number of carbonyl (C=O) groups is 2. The van der Waals surface area contributed by atoms with E-state index in [-0.39, 0.29) is 17.9 Å². The lowest BCUT2D eigenvalue weighted by molar-refractivity contribution is -0.120. The first-order valence-corrected chi connectivity index (χ1v) is 19.2. The number of hydrogen-bond acceptors (Lipinski definition) is 4. The Kier molecular flexibility index (Phi) is 10.7. The molecule has 1 fully saturated rings. The number of anilines is 2. The van der Waals surface area contributed by atoms with E-state index in [4.69, 9.17) is 0 Å². The molecule has 2 atom stereocenters. The van der Waals surface area contributed by atoms with Crippen LogP contribution in [0.1, 0.15) is 22.3 Å². The quantitative estimate of drug-likeness (QED) is 0.146. The summed E-state index contributed by atoms with van der Waals surface area (Å²) in [6, 6.07) is 47.0. The van der Waals surface area contributed by atoms with Gasteiger partial charge in [0.15, 0.2) is 0 Å². The van der Waals surface area contributed by atoms with Crippen LogP contribution in [0.4, 0.5) is 16.2 Å². The largest absolute Gasteiger partial charge is 0.368 e. The fourth-order valence-electron chi connectivity index (χ4n) is 8.20. The highest BCUT2D eigenvalue weighted by molar-refractivity contribution is 6.00. The standard InChI is InChI=1S/C46H48N6O2/c53-45(43(29-39-30-47-42-22-12-11-21-41(39)42)48-46(54)51-26-24-50(25-27-51)40-19-8-3-9-20-40)52-34-37(28-38-18-10-13-23-44(38)52)33-49(31-35-14-4-1-5-15-35)32-36-16-6-2-7-17-36/h1-23,30,37,43,47H,24-29,31-34H2,(H,48,54)/t37-,43-/m1/s1. The van der Waals surface area contributed by atoms with Crippen LogP contribution in [0, 0.1) is 5.92 Å². The molecule has 0 saturated carbocycles. The van der Waals surface area contributed by atoms with Crippen LogP contribution < -0.4 is 15.1 Å². The van der Waals surface area contributed by atoms with Crippen molar-refractivity contribution in [3.8, 4) is 0 Å². The predicted octanol–water partition coefficient (Wildman–Crippen LogP) is 7.52. The fourth-order valence-corrected chi connectivity index (χ4v) is 8.20. The lowest BCUT2D eigenvalue weighted by Crippen LogP contribution is -2.58. The number of hydrogen-bond donors (Lipinski definition) is 2. The molecule has 8 nitrogen and oxygen atoms in total. The molecule has 0 bridgehead atoms. The molecular weight excluding hydrogens is 669 g/mol. The van der Waals surface area contributed by atoms with Crippen molar-refractivity contribution < 1.29 is 9.59 Å². The van der Waals surface area contributed by atoms with Gasteiger partial charge in [0.2, 0.25) is 5.91 Å². The zero-order valence-electron chi connectivity index (χ0n) is 30.7. The van der Waals surface area contributed by atoms with Gasteiger partial charge in [-0.2, -0.15) is 0 Å². The number of rotatable bonds is 11. The molecule has 0 unspecified atom stereocenters. The summed E-state index contributed by atoms with van der Waals surface area (Å²) < 4.78 is 0. The number of amides is 3. The van der Waals surface area contributed by atoms with Crippen LogP contribution in [0.2, 0.25) is 0 Å². The Hall–Kier alpha value is -5.86. The molecule has 2 aliphatic rings. The van der Waals surface area contributed by atoms with Gasteiger partial charge < -0.3 is 25.0 Å². The van der Waals surface area contributed by atoms with Crippen LogP contribution in [0.15, 0.2) is 146 Å². The van der Waals surface area contributed by atoms with Crippen molar-refractivity contribution in [2.75, 3.05) is 49.1 Å². The van der Waals surface area contributed by atoms with Crippen molar-refractivity contribution in [3.63, 3.8) is 0 Å². The number of piperazine rings is 1. The van der Waals surface area contributed by atoms with Crippen LogP contribution in [-0.2, 0) is 30.7 Å². The molecule has 1 aromatic heterocycles. The molecule has 8 heteroatoms. The minimum absolute atomic E-state index is 0.0774. The topological polar surface area (TPSA) is 74.9 Å². The summed E-state index contributed by atoms with van der Waals surface area (Å²) in [5, 5.41) is 4.31. The number of benzene rings is 5. The average molecular weight is 717 g/mol. The van der Waals surface area contributed by atoms with E-state index in [1.807, 2.05) is 58.5 Å². The predicted molar refractivity (Wildman–Crippen MR) is 218 cm³/mol. The molecule has 5 aromatic carbocycles. The molecule has 2 N–H and O–H groups in total. The van der Waals surface area contributed by atoms with Gasteiger partial charge in [0.05, 0.1) is 0 Å². The number of H-pyrrole nitrogens is 1. The maximum atomic E-state index is 15.1. The van der Waals surface area contributed by atoms with Crippen LogP contribution in [0.3, 0.4) is 0 Å². The van der Waals surface area contributed by atoms with Crippen LogP contribution in [0.5, 0.6) is 0 Å². The molecule has 8 rings (SSSR count). The summed E-state index contributed by atoms with van der Waals surface area (Å²) in [6.45, 7) is 5.69. The van der Waals surface area contributed by atoms with E-state index in [9.17, 15) is 4.79 Å². The summed E-state index contributed by atoms with van der Waals surface area (Å²) in [4.78, 5) is 41.1. The van der Waals surface area contributed by atoms with E-state index in [0.717, 1.165) is 72.5 Å². The normalized spacial score (nSPS) is 16.3. The second kappa shape index (κ2) is 16.4. The summed E-state index contributed by atoms with van der Waals surface area (Å²) in [7, 11) is 0. The van der Waals surface area contributed by atoms with E-state index >= 15 is 4.79 Å². The summed E-state index contributed by atoms with van der Waals surface area (Å²) in [5.74, 6) is 0.123. The second-order valence-electron chi connectivity index (χ2n) is 14.7. The monoisotopic (exact) mass is 716 g/mol. The summed E-state index contributed by atoms with van der Waals surface area (Å²) in [6.07, 6.45) is 3.25. The first-order valence-electron chi connectivity index (χ1n) is 19.2. The molecule has 0 aliphatic carbocycles.